The van der Waals surface area contributed by atoms with Crippen LogP contribution < -0.4 is 5.73 Å². The predicted octanol–water partition coefficient (Wildman–Crippen LogP) is 3.27. The number of carbonyl (C=O) groups is 1. The molecule has 3 N–H and O–H groups in total. The summed E-state index contributed by atoms with van der Waals surface area (Å²) in [5.74, 6) is -0.318. The Morgan fingerprint density at radius 2 is 1.95 bits per heavy atom. The summed E-state index contributed by atoms with van der Waals surface area (Å²) in [5, 5.41) is 9.59. The van der Waals surface area contributed by atoms with Crippen molar-refractivity contribution in [2.75, 3.05) is 5.73 Å². The molecule has 0 aliphatic rings. The van der Waals surface area contributed by atoms with Gasteiger partial charge in [-0.15, -0.1) is 0 Å². The Hall–Kier alpha value is -2.01. The minimum Gasteiger partial charge on any atom is -0.478 e. The molecule has 1 aromatic heterocycles. The van der Waals surface area contributed by atoms with Gasteiger partial charge in [0, 0.05) is 11.9 Å². The average molecular weight is 288 g/mol. The van der Waals surface area contributed by atoms with Gasteiger partial charge >= 0.3 is 5.97 Å². The minimum atomic E-state index is -1.03. The van der Waals surface area contributed by atoms with Crippen LogP contribution in [0.5, 0.6) is 0 Å². The van der Waals surface area contributed by atoms with Gasteiger partial charge in [-0.05, 0) is 25.5 Å². The number of benzene rings is 1. The first-order valence-corrected chi connectivity index (χ1v) is 7.13. The number of aromatic nitrogens is 1. The monoisotopic (exact) mass is 288 g/mol. The molecule has 0 spiro atoms. The van der Waals surface area contributed by atoms with E-state index in [1.165, 1.54) is 40.7 Å². The van der Waals surface area contributed by atoms with Crippen LogP contribution in [0.1, 0.15) is 27.0 Å². The molecule has 0 amide bonds. The fourth-order valence-corrected chi connectivity index (χ4v) is 2.93. The van der Waals surface area contributed by atoms with Crippen LogP contribution in [-0.4, -0.2) is 16.1 Å². The third-order valence-corrected chi connectivity index (χ3v) is 3.92. The molecule has 0 radical (unpaired) electrons. The van der Waals surface area contributed by atoms with Gasteiger partial charge in [-0.1, -0.05) is 41.1 Å². The number of thioether (sulfide) groups is 1. The van der Waals surface area contributed by atoms with Gasteiger partial charge in [-0.2, -0.15) is 0 Å². The molecule has 0 fully saturated rings. The molecule has 1 aromatic carbocycles. The lowest BCUT2D eigenvalue weighted by Gasteiger charge is -2.08. The Kier molecular flexibility index (Phi) is 4.29. The van der Waals surface area contributed by atoms with Gasteiger partial charge in [0.25, 0.3) is 0 Å². The number of carboxylic acid groups (broad SMARTS) is 1. The van der Waals surface area contributed by atoms with E-state index < -0.39 is 5.97 Å². The molecule has 0 bridgehead atoms. The summed E-state index contributed by atoms with van der Waals surface area (Å²) in [7, 11) is 0. The van der Waals surface area contributed by atoms with Gasteiger partial charge in [-0.3, -0.25) is 0 Å². The van der Waals surface area contributed by atoms with Crippen LogP contribution in [0.15, 0.2) is 35.5 Å². The van der Waals surface area contributed by atoms with Crippen LogP contribution in [-0.2, 0) is 5.75 Å². The number of pyridine rings is 1. The summed E-state index contributed by atoms with van der Waals surface area (Å²) in [5.41, 5.74) is 9.77. The first kappa shape index (κ1) is 14.4. The maximum absolute atomic E-state index is 11.0. The highest BCUT2D eigenvalue weighted by molar-refractivity contribution is 7.98. The number of hydrogen-bond acceptors (Lipinski definition) is 4. The first-order chi connectivity index (χ1) is 9.47. The Morgan fingerprint density at radius 1 is 1.30 bits per heavy atom. The molecule has 20 heavy (non-hydrogen) atoms. The molecule has 1 heterocycles. The maximum atomic E-state index is 11.0. The van der Waals surface area contributed by atoms with E-state index in [2.05, 4.69) is 37.0 Å². The molecule has 2 aromatic rings. The van der Waals surface area contributed by atoms with Crippen molar-refractivity contribution in [2.45, 2.75) is 24.6 Å². The molecular weight excluding hydrogens is 272 g/mol. The quantitative estimate of drug-likeness (QED) is 0.844. The van der Waals surface area contributed by atoms with Gasteiger partial charge in [0.05, 0.1) is 11.3 Å². The summed E-state index contributed by atoms with van der Waals surface area (Å²) in [6.45, 7) is 4.11. The van der Waals surface area contributed by atoms with Crippen LogP contribution in [0.3, 0.4) is 0 Å². The van der Waals surface area contributed by atoms with Crippen molar-refractivity contribution < 1.29 is 9.90 Å². The van der Waals surface area contributed by atoms with Crippen LogP contribution in [0.25, 0.3) is 0 Å². The van der Waals surface area contributed by atoms with Crippen LogP contribution in [0.2, 0.25) is 0 Å². The van der Waals surface area contributed by atoms with E-state index in [1.54, 1.807) is 0 Å². The summed E-state index contributed by atoms with van der Waals surface area (Å²) in [6, 6.07) is 7.75. The van der Waals surface area contributed by atoms with Crippen LogP contribution in [0, 0.1) is 13.8 Å². The smallest absolute Gasteiger partial charge is 0.337 e. The van der Waals surface area contributed by atoms with Gasteiger partial charge in [0.2, 0.25) is 0 Å². The number of nitrogens with zero attached hydrogens (tertiary/aromatic N) is 1. The van der Waals surface area contributed by atoms with Crippen molar-refractivity contribution in [3.63, 3.8) is 0 Å². The second-order valence-corrected chi connectivity index (χ2v) is 5.63. The lowest BCUT2D eigenvalue weighted by Crippen LogP contribution is -2.04. The molecule has 0 unspecified atom stereocenters. The number of hydrogen-bond donors (Lipinski definition) is 2. The highest BCUT2D eigenvalue weighted by Crippen LogP contribution is 2.28. The third-order valence-electron chi connectivity index (χ3n) is 2.84. The summed E-state index contributed by atoms with van der Waals surface area (Å²) in [4.78, 5) is 15.2. The molecule has 5 heteroatoms. The van der Waals surface area contributed by atoms with Crippen molar-refractivity contribution in [2.24, 2.45) is 0 Å². The zero-order valence-electron chi connectivity index (χ0n) is 11.4. The molecule has 0 aliphatic carbocycles. The molecule has 0 aliphatic heterocycles. The fraction of sp³-hybridized carbons (Fsp3) is 0.200. The van der Waals surface area contributed by atoms with Crippen molar-refractivity contribution in [1.82, 2.24) is 4.98 Å². The summed E-state index contributed by atoms with van der Waals surface area (Å²) in [6.07, 6.45) is 1.48. The van der Waals surface area contributed by atoms with Crippen molar-refractivity contribution in [3.8, 4) is 0 Å². The highest BCUT2D eigenvalue weighted by atomic mass is 32.2. The Bertz CT molecular complexity index is 636. The number of anilines is 1. The van der Waals surface area contributed by atoms with Crippen molar-refractivity contribution in [1.29, 1.82) is 0 Å². The number of nitrogens with two attached hydrogens (primary N) is 1. The van der Waals surface area contributed by atoms with E-state index in [0.717, 1.165) is 0 Å². The maximum Gasteiger partial charge on any atom is 0.337 e. The highest BCUT2D eigenvalue weighted by Gasteiger charge is 2.12. The second-order valence-electron chi connectivity index (χ2n) is 4.67. The molecule has 4 nitrogen and oxygen atoms in total. The minimum absolute atomic E-state index is 0.0999. The normalized spacial score (nSPS) is 10.5. The van der Waals surface area contributed by atoms with E-state index in [9.17, 15) is 4.79 Å². The number of nitrogen functional groups attached to an aromatic ring is 1. The standard InChI is InChI=1S/C15H16N2O2S/c1-9-5-10(2)7-11(6-9)8-20-14-13(16)12(15(18)19)3-4-17-14/h3-7H,8,16H2,1-2H3,(H,18,19). The summed E-state index contributed by atoms with van der Waals surface area (Å²) < 4.78 is 0. The Labute approximate surface area is 122 Å². The van der Waals surface area contributed by atoms with Crippen molar-refractivity contribution >= 4 is 23.4 Å². The lowest BCUT2D eigenvalue weighted by atomic mass is 10.1. The lowest BCUT2D eigenvalue weighted by molar-refractivity contribution is 0.0697. The zero-order valence-corrected chi connectivity index (χ0v) is 12.2. The third kappa shape index (κ3) is 3.30. The van der Waals surface area contributed by atoms with Gasteiger partial charge in [0.15, 0.2) is 0 Å². The number of aromatic carboxylic acids is 1. The van der Waals surface area contributed by atoms with E-state index in [4.69, 9.17) is 10.8 Å². The van der Waals surface area contributed by atoms with E-state index in [-0.39, 0.29) is 11.3 Å². The Morgan fingerprint density at radius 3 is 2.55 bits per heavy atom. The zero-order chi connectivity index (χ0) is 14.7. The van der Waals surface area contributed by atoms with Gasteiger partial charge in [-0.25, -0.2) is 9.78 Å². The van der Waals surface area contributed by atoms with Gasteiger partial charge in [0.1, 0.15) is 5.03 Å². The molecule has 104 valence electrons. The predicted molar refractivity (Wildman–Crippen MR) is 81.1 cm³/mol. The molecule has 0 atom stereocenters. The van der Waals surface area contributed by atoms with E-state index >= 15 is 0 Å². The number of rotatable bonds is 4. The topological polar surface area (TPSA) is 76.2 Å². The molecular formula is C15H16N2O2S. The SMILES string of the molecule is Cc1cc(C)cc(CSc2nccc(C(=O)O)c2N)c1. The molecule has 0 saturated carbocycles. The number of carboxylic acids is 1. The van der Waals surface area contributed by atoms with E-state index in [0.29, 0.717) is 10.8 Å². The van der Waals surface area contributed by atoms with Crippen molar-refractivity contribution in [3.05, 3.63) is 52.7 Å². The van der Waals surface area contributed by atoms with E-state index in [1.807, 2.05) is 0 Å². The second kappa shape index (κ2) is 5.96. The van der Waals surface area contributed by atoms with Crippen LogP contribution >= 0.6 is 11.8 Å². The Balaban J connectivity index is 2.19. The molecule has 0 saturated heterocycles. The average Bonchev–Trinajstić information content (AvgIpc) is 2.36. The molecule has 2 rings (SSSR count). The number of aryl methyl sites for hydroxylation is 2. The summed E-state index contributed by atoms with van der Waals surface area (Å²) >= 11 is 1.45. The fourth-order valence-electron chi connectivity index (χ4n) is 2.06. The van der Waals surface area contributed by atoms with Crippen LogP contribution in [0.4, 0.5) is 5.69 Å². The first-order valence-electron chi connectivity index (χ1n) is 6.15. The van der Waals surface area contributed by atoms with Gasteiger partial charge < -0.3 is 10.8 Å². The largest absolute Gasteiger partial charge is 0.478 e.